The molecule has 1 saturated heterocycles. The molecule has 0 spiro atoms. The molecule has 1 saturated carbocycles. The molecule has 1 aromatic heterocycles. The summed E-state index contributed by atoms with van der Waals surface area (Å²) in [5.74, 6) is 0.687. The van der Waals surface area contributed by atoms with E-state index in [1.807, 2.05) is 4.90 Å². The zero-order chi connectivity index (χ0) is 13.2. The summed E-state index contributed by atoms with van der Waals surface area (Å²) >= 11 is 0. The molecule has 19 heavy (non-hydrogen) atoms. The lowest BCUT2D eigenvalue weighted by Crippen LogP contribution is -2.34. The van der Waals surface area contributed by atoms with Gasteiger partial charge in [0.15, 0.2) is 0 Å². The standard InChI is InChI=1S/C15H23N3O/c1-11-6-5-9-18(11)15(19)13-10-16-17-14(13)12-7-3-2-4-8-12/h10-12H,2-9H2,1H3,(H,16,17). The molecular formula is C15H23N3O. The zero-order valence-corrected chi connectivity index (χ0v) is 11.7. The van der Waals surface area contributed by atoms with Crippen molar-refractivity contribution in [2.45, 2.75) is 63.8 Å². The van der Waals surface area contributed by atoms with E-state index in [0.717, 1.165) is 30.6 Å². The first-order chi connectivity index (χ1) is 9.27. The fourth-order valence-corrected chi connectivity index (χ4v) is 3.56. The molecule has 104 valence electrons. The third-order valence-corrected chi connectivity index (χ3v) is 4.73. The van der Waals surface area contributed by atoms with Crippen LogP contribution < -0.4 is 0 Å². The normalized spacial score (nSPS) is 24.9. The van der Waals surface area contributed by atoms with Gasteiger partial charge in [-0.2, -0.15) is 5.10 Å². The van der Waals surface area contributed by atoms with Crippen molar-refractivity contribution in [2.75, 3.05) is 6.54 Å². The van der Waals surface area contributed by atoms with Crippen molar-refractivity contribution in [2.24, 2.45) is 0 Å². The van der Waals surface area contributed by atoms with Crippen molar-refractivity contribution in [1.29, 1.82) is 0 Å². The van der Waals surface area contributed by atoms with Gasteiger partial charge in [0.25, 0.3) is 5.91 Å². The zero-order valence-electron chi connectivity index (χ0n) is 11.7. The molecule has 0 aromatic carbocycles. The van der Waals surface area contributed by atoms with Crippen LogP contribution in [0.1, 0.15) is 73.8 Å². The molecule has 0 bridgehead atoms. The Morgan fingerprint density at radius 2 is 2.05 bits per heavy atom. The first-order valence-electron chi connectivity index (χ1n) is 7.61. The lowest BCUT2D eigenvalue weighted by Gasteiger charge is -2.24. The highest BCUT2D eigenvalue weighted by Gasteiger charge is 2.30. The Hall–Kier alpha value is -1.32. The second-order valence-corrected chi connectivity index (χ2v) is 6.02. The predicted octanol–water partition coefficient (Wildman–Crippen LogP) is 3.08. The number of nitrogens with one attached hydrogen (secondary N) is 1. The number of hydrogen-bond donors (Lipinski definition) is 1. The Balaban J connectivity index is 1.81. The summed E-state index contributed by atoms with van der Waals surface area (Å²) in [6, 6.07) is 0.376. The number of amides is 1. The minimum absolute atomic E-state index is 0.180. The molecule has 2 heterocycles. The van der Waals surface area contributed by atoms with Crippen LogP contribution >= 0.6 is 0 Å². The van der Waals surface area contributed by atoms with E-state index >= 15 is 0 Å². The highest BCUT2D eigenvalue weighted by atomic mass is 16.2. The van der Waals surface area contributed by atoms with Gasteiger partial charge in [0.1, 0.15) is 0 Å². The fourth-order valence-electron chi connectivity index (χ4n) is 3.56. The summed E-state index contributed by atoms with van der Waals surface area (Å²) in [4.78, 5) is 14.7. The number of carbonyl (C=O) groups is 1. The van der Waals surface area contributed by atoms with Gasteiger partial charge in [0.05, 0.1) is 17.5 Å². The van der Waals surface area contributed by atoms with Gasteiger partial charge in [0, 0.05) is 18.5 Å². The van der Waals surface area contributed by atoms with E-state index in [4.69, 9.17) is 0 Å². The monoisotopic (exact) mass is 261 g/mol. The molecular weight excluding hydrogens is 238 g/mol. The highest BCUT2D eigenvalue weighted by molar-refractivity contribution is 5.95. The molecule has 2 fully saturated rings. The van der Waals surface area contributed by atoms with E-state index in [1.54, 1.807) is 6.20 Å². The molecule has 1 aliphatic carbocycles. The molecule has 1 unspecified atom stereocenters. The third-order valence-electron chi connectivity index (χ3n) is 4.73. The topological polar surface area (TPSA) is 49.0 Å². The van der Waals surface area contributed by atoms with Crippen LogP contribution in [0, 0.1) is 0 Å². The Kier molecular flexibility index (Phi) is 3.58. The van der Waals surface area contributed by atoms with Crippen LogP contribution in [0.5, 0.6) is 0 Å². The fraction of sp³-hybridized carbons (Fsp3) is 0.733. The van der Waals surface area contributed by atoms with Crippen molar-refractivity contribution in [1.82, 2.24) is 15.1 Å². The van der Waals surface area contributed by atoms with Crippen molar-refractivity contribution in [3.05, 3.63) is 17.5 Å². The van der Waals surface area contributed by atoms with Gasteiger partial charge in [-0.3, -0.25) is 9.89 Å². The summed E-state index contributed by atoms with van der Waals surface area (Å²) in [6.45, 7) is 3.04. The average Bonchev–Trinajstić information content (AvgIpc) is 3.07. The van der Waals surface area contributed by atoms with Crippen LogP contribution in [0.2, 0.25) is 0 Å². The number of hydrogen-bond acceptors (Lipinski definition) is 2. The molecule has 1 N–H and O–H groups in total. The van der Waals surface area contributed by atoms with E-state index in [-0.39, 0.29) is 5.91 Å². The first-order valence-corrected chi connectivity index (χ1v) is 7.61. The number of likely N-dealkylation sites (tertiary alicyclic amines) is 1. The lowest BCUT2D eigenvalue weighted by atomic mass is 9.85. The van der Waals surface area contributed by atoms with Crippen LogP contribution in [0.25, 0.3) is 0 Å². The summed E-state index contributed by atoms with van der Waals surface area (Å²) in [5.41, 5.74) is 1.91. The summed E-state index contributed by atoms with van der Waals surface area (Å²) < 4.78 is 0. The number of rotatable bonds is 2. The molecule has 1 aliphatic heterocycles. The predicted molar refractivity (Wildman–Crippen MR) is 74.1 cm³/mol. The molecule has 1 amide bonds. The molecule has 1 aromatic rings. The van der Waals surface area contributed by atoms with Crippen LogP contribution in [0.4, 0.5) is 0 Å². The van der Waals surface area contributed by atoms with Crippen molar-refractivity contribution < 1.29 is 4.79 Å². The van der Waals surface area contributed by atoms with Crippen LogP contribution in [0.3, 0.4) is 0 Å². The number of H-pyrrole nitrogens is 1. The maximum absolute atomic E-state index is 12.6. The van der Waals surface area contributed by atoms with Crippen molar-refractivity contribution in [3.8, 4) is 0 Å². The molecule has 0 radical (unpaired) electrons. The average molecular weight is 261 g/mol. The van der Waals surface area contributed by atoms with E-state index in [9.17, 15) is 4.79 Å². The van der Waals surface area contributed by atoms with Gasteiger partial charge in [-0.15, -0.1) is 0 Å². The first kappa shape index (κ1) is 12.7. The summed E-state index contributed by atoms with van der Waals surface area (Å²) in [7, 11) is 0. The van der Waals surface area contributed by atoms with E-state index in [0.29, 0.717) is 12.0 Å². The van der Waals surface area contributed by atoms with E-state index in [2.05, 4.69) is 17.1 Å². The Bertz CT molecular complexity index is 448. The molecule has 4 heteroatoms. The van der Waals surface area contributed by atoms with Gasteiger partial charge in [0.2, 0.25) is 0 Å². The third kappa shape index (κ3) is 2.40. The Labute approximate surface area is 114 Å². The van der Waals surface area contributed by atoms with Gasteiger partial charge in [-0.1, -0.05) is 19.3 Å². The minimum Gasteiger partial charge on any atom is -0.336 e. The second kappa shape index (κ2) is 5.35. The number of carbonyl (C=O) groups excluding carboxylic acids is 1. The van der Waals surface area contributed by atoms with Crippen LogP contribution in [-0.4, -0.2) is 33.6 Å². The molecule has 3 rings (SSSR count). The quantitative estimate of drug-likeness (QED) is 0.889. The SMILES string of the molecule is CC1CCCN1C(=O)c1cn[nH]c1C1CCCCC1. The van der Waals surface area contributed by atoms with Crippen LogP contribution in [0.15, 0.2) is 6.20 Å². The van der Waals surface area contributed by atoms with Gasteiger partial charge in [-0.25, -0.2) is 0 Å². The van der Waals surface area contributed by atoms with E-state index in [1.165, 1.54) is 32.1 Å². The Morgan fingerprint density at radius 1 is 1.26 bits per heavy atom. The lowest BCUT2D eigenvalue weighted by molar-refractivity contribution is 0.0745. The smallest absolute Gasteiger partial charge is 0.257 e. The van der Waals surface area contributed by atoms with E-state index < -0.39 is 0 Å². The highest BCUT2D eigenvalue weighted by Crippen LogP contribution is 2.34. The number of nitrogens with zero attached hydrogens (tertiary/aromatic N) is 2. The summed E-state index contributed by atoms with van der Waals surface area (Å²) in [5, 5.41) is 7.24. The minimum atomic E-state index is 0.180. The Morgan fingerprint density at radius 3 is 2.74 bits per heavy atom. The number of aromatic amines is 1. The van der Waals surface area contributed by atoms with Crippen LogP contribution in [-0.2, 0) is 0 Å². The molecule has 4 nitrogen and oxygen atoms in total. The van der Waals surface area contributed by atoms with Crippen molar-refractivity contribution in [3.63, 3.8) is 0 Å². The van der Waals surface area contributed by atoms with Gasteiger partial charge in [-0.05, 0) is 32.6 Å². The number of aromatic nitrogens is 2. The second-order valence-electron chi connectivity index (χ2n) is 6.02. The van der Waals surface area contributed by atoms with Gasteiger partial charge < -0.3 is 4.90 Å². The maximum Gasteiger partial charge on any atom is 0.257 e. The van der Waals surface area contributed by atoms with Crippen molar-refractivity contribution >= 4 is 5.91 Å². The molecule has 1 atom stereocenters. The van der Waals surface area contributed by atoms with Gasteiger partial charge >= 0.3 is 0 Å². The summed E-state index contributed by atoms with van der Waals surface area (Å²) in [6.07, 6.45) is 10.3. The largest absolute Gasteiger partial charge is 0.336 e. The maximum atomic E-state index is 12.6. The molecule has 2 aliphatic rings.